The van der Waals surface area contributed by atoms with Gasteiger partial charge in [0.2, 0.25) is 0 Å². The van der Waals surface area contributed by atoms with E-state index in [9.17, 15) is 31.2 Å². The summed E-state index contributed by atoms with van der Waals surface area (Å²) in [6.45, 7) is 1.64. The number of nitrogens with zero attached hydrogens (tertiary/aromatic N) is 2. The molecule has 0 amide bonds. The molecule has 0 bridgehead atoms. The van der Waals surface area contributed by atoms with E-state index in [-0.39, 0.29) is 49.9 Å². The molecule has 38 heavy (non-hydrogen) atoms. The number of benzene rings is 2. The molecule has 0 aliphatic carbocycles. The number of hydrogen-bond donors (Lipinski definition) is 2. The van der Waals surface area contributed by atoms with Crippen LogP contribution in [0.25, 0.3) is 10.9 Å². The van der Waals surface area contributed by atoms with E-state index in [1.807, 2.05) is 0 Å². The number of likely N-dealkylation sites (tertiary alicyclic amines) is 1. The Balaban J connectivity index is 1.89. The molecule has 2 aromatic carbocycles. The van der Waals surface area contributed by atoms with Crippen molar-refractivity contribution in [3.05, 3.63) is 71.8 Å². The number of H-pyrrole nitrogens is 1. The first-order valence-corrected chi connectivity index (χ1v) is 14.2. The first-order chi connectivity index (χ1) is 17.7. The molecule has 0 spiro atoms. The molecule has 3 N–H and O–H groups in total. The molecule has 4 rings (SSSR count). The fraction of sp³-hybridized carbons (Fsp3) is 0.417. The van der Waals surface area contributed by atoms with Crippen molar-refractivity contribution in [3.8, 4) is 0 Å². The van der Waals surface area contributed by atoms with Gasteiger partial charge in [-0.2, -0.15) is 13.2 Å². The standard InChI is InChI=1S/C24H25Cl2F3N4O4S/c1-2-38(36,37)19-6-5-14(25)8-13(19)10-33-22(34)16-9-18(24(27,28)29)17(20(26)21(16)31-23(33)35)12-32-7-3-4-15(30)11-32/h5-6,8-9,15H,2-4,7,10-12,30H2,1H3,(H,31,35). The average Bonchev–Trinajstić information content (AvgIpc) is 2.83. The number of halogens is 5. The maximum atomic E-state index is 14.1. The first-order valence-electron chi connectivity index (χ1n) is 11.8. The minimum Gasteiger partial charge on any atom is -0.327 e. The summed E-state index contributed by atoms with van der Waals surface area (Å²) in [6, 6.07) is 4.40. The van der Waals surface area contributed by atoms with Gasteiger partial charge >= 0.3 is 11.9 Å². The minimum absolute atomic E-state index is 0.0477. The summed E-state index contributed by atoms with van der Waals surface area (Å²) in [5, 5.41) is -0.680. The lowest BCUT2D eigenvalue weighted by Crippen LogP contribution is -2.42. The zero-order valence-electron chi connectivity index (χ0n) is 20.2. The van der Waals surface area contributed by atoms with Crippen LogP contribution in [0.1, 0.15) is 36.5 Å². The Morgan fingerprint density at radius 1 is 1.16 bits per heavy atom. The predicted octanol–water partition coefficient (Wildman–Crippen LogP) is 3.78. The van der Waals surface area contributed by atoms with Crippen LogP contribution < -0.4 is 17.0 Å². The number of alkyl halides is 3. The van der Waals surface area contributed by atoms with E-state index in [1.165, 1.54) is 25.1 Å². The number of aromatic nitrogens is 2. The highest BCUT2D eigenvalue weighted by molar-refractivity contribution is 7.91. The van der Waals surface area contributed by atoms with Crippen LogP contribution in [0, 0.1) is 0 Å². The summed E-state index contributed by atoms with van der Waals surface area (Å²) in [4.78, 5) is 30.4. The molecule has 2 heterocycles. The van der Waals surface area contributed by atoms with E-state index >= 15 is 0 Å². The predicted molar refractivity (Wildman–Crippen MR) is 140 cm³/mol. The Morgan fingerprint density at radius 3 is 2.50 bits per heavy atom. The van der Waals surface area contributed by atoms with E-state index in [0.717, 1.165) is 6.42 Å². The lowest BCUT2D eigenvalue weighted by Gasteiger charge is -2.31. The second kappa shape index (κ2) is 10.6. The van der Waals surface area contributed by atoms with Gasteiger partial charge in [0.1, 0.15) is 0 Å². The lowest BCUT2D eigenvalue weighted by molar-refractivity contribution is -0.138. The number of hydrogen-bond acceptors (Lipinski definition) is 6. The topological polar surface area (TPSA) is 118 Å². The Morgan fingerprint density at radius 2 is 1.87 bits per heavy atom. The summed E-state index contributed by atoms with van der Waals surface area (Å²) in [5.74, 6) is -0.250. The largest absolute Gasteiger partial charge is 0.416 e. The van der Waals surface area contributed by atoms with Crippen molar-refractivity contribution in [1.82, 2.24) is 14.5 Å². The lowest BCUT2D eigenvalue weighted by atomic mass is 10.0. The van der Waals surface area contributed by atoms with Crippen LogP contribution in [0.3, 0.4) is 0 Å². The molecule has 0 radical (unpaired) electrons. The van der Waals surface area contributed by atoms with Gasteiger partial charge in [0.15, 0.2) is 9.84 Å². The van der Waals surface area contributed by atoms with Crippen LogP contribution in [0.2, 0.25) is 10.0 Å². The van der Waals surface area contributed by atoms with Gasteiger partial charge in [0.05, 0.1) is 38.7 Å². The second-order valence-electron chi connectivity index (χ2n) is 9.25. The maximum Gasteiger partial charge on any atom is 0.416 e. The zero-order chi connectivity index (χ0) is 28.0. The van der Waals surface area contributed by atoms with Gasteiger partial charge < -0.3 is 10.7 Å². The fourth-order valence-electron chi connectivity index (χ4n) is 4.70. The molecule has 1 aliphatic heterocycles. The molecule has 1 aromatic heterocycles. The Labute approximate surface area is 226 Å². The average molecular weight is 593 g/mol. The van der Waals surface area contributed by atoms with Crippen LogP contribution >= 0.6 is 23.2 Å². The fourth-order valence-corrected chi connectivity index (χ4v) is 6.32. The monoisotopic (exact) mass is 592 g/mol. The minimum atomic E-state index is -4.84. The third kappa shape index (κ3) is 5.64. The Kier molecular flexibility index (Phi) is 8.02. The summed E-state index contributed by atoms with van der Waals surface area (Å²) in [6.07, 6.45) is -3.36. The van der Waals surface area contributed by atoms with Crippen molar-refractivity contribution in [2.45, 2.75) is 50.0 Å². The van der Waals surface area contributed by atoms with Crippen LogP contribution in [0.4, 0.5) is 13.2 Å². The van der Waals surface area contributed by atoms with Crippen LogP contribution in [0.15, 0.2) is 38.8 Å². The highest BCUT2D eigenvalue weighted by Gasteiger charge is 2.36. The molecule has 1 atom stereocenters. The van der Waals surface area contributed by atoms with Gasteiger partial charge in [-0.05, 0) is 54.8 Å². The smallest absolute Gasteiger partial charge is 0.327 e. The van der Waals surface area contributed by atoms with Crippen molar-refractivity contribution in [1.29, 1.82) is 0 Å². The van der Waals surface area contributed by atoms with Crippen LogP contribution in [-0.4, -0.2) is 47.8 Å². The third-order valence-electron chi connectivity index (χ3n) is 6.62. The number of nitrogens with two attached hydrogens (primary N) is 1. The van der Waals surface area contributed by atoms with E-state index in [1.54, 1.807) is 4.90 Å². The Bertz CT molecular complexity index is 1620. The number of aromatic amines is 1. The molecule has 1 unspecified atom stereocenters. The number of fused-ring (bicyclic) bond motifs is 1. The summed E-state index contributed by atoms with van der Waals surface area (Å²) in [7, 11) is -3.76. The molecular formula is C24H25Cl2F3N4O4S. The van der Waals surface area contributed by atoms with Crippen molar-refractivity contribution >= 4 is 43.9 Å². The molecule has 1 fully saturated rings. The van der Waals surface area contributed by atoms with Gasteiger partial charge in [-0.3, -0.25) is 14.3 Å². The van der Waals surface area contributed by atoms with Crippen molar-refractivity contribution in [2.24, 2.45) is 5.73 Å². The van der Waals surface area contributed by atoms with Crippen molar-refractivity contribution < 1.29 is 21.6 Å². The molecular weight excluding hydrogens is 568 g/mol. The van der Waals surface area contributed by atoms with E-state index < -0.39 is 44.8 Å². The Hall–Kier alpha value is -2.38. The molecule has 1 saturated heterocycles. The van der Waals surface area contributed by atoms with Crippen molar-refractivity contribution in [3.63, 3.8) is 0 Å². The molecule has 206 valence electrons. The second-order valence-corrected chi connectivity index (χ2v) is 12.3. The molecule has 0 saturated carbocycles. The first kappa shape index (κ1) is 28.6. The number of sulfone groups is 1. The number of rotatable bonds is 6. The van der Waals surface area contributed by atoms with Gasteiger partial charge in [0, 0.05) is 24.2 Å². The highest BCUT2D eigenvalue weighted by atomic mass is 35.5. The van der Waals surface area contributed by atoms with Gasteiger partial charge in [0.25, 0.3) is 5.56 Å². The molecule has 8 nitrogen and oxygen atoms in total. The highest BCUT2D eigenvalue weighted by Crippen LogP contribution is 2.39. The van der Waals surface area contributed by atoms with Crippen molar-refractivity contribution in [2.75, 3.05) is 18.8 Å². The SMILES string of the molecule is CCS(=O)(=O)c1ccc(Cl)cc1Cn1c(=O)[nH]c2c(Cl)c(CN3CCCC(N)C3)c(C(F)(F)F)cc2c1=O. The summed E-state index contributed by atoms with van der Waals surface area (Å²) in [5.41, 5.74) is 2.42. The molecule has 14 heteroatoms. The van der Waals surface area contributed by atoms with Gasteiger partial charge in [-0.15, -0.1) is 0 Å². The number of piperidine rings is 1. The van der Waals surface area contributed by atoms with Gasteiger partial charge in [-0.25, -0.2) is 13.2 Å². The van der Waals surface area contributed by atoms with E-state index in [0.29, 0.717) is 30.1 Å². The zero-order valence-corrected chi connectivity index (χ0v) is 22.6. The summed E-state index contributed by atoms with van der Waals surface area (Å²) < 4.78 is 68.2. The normalized spacial score (nSPS) is 17.3. The summed E-state index contributed by atoms with van der Waals surface area (Å²) >= 11 is 12.4. The van der Waals surface area contributed by atoms with Crippen LogP contribution in [0.5, 0.6) is 0 Å². The third-order valence-corrected chi connectivity index (χ3v) is 9.10. The van der Waals surface area contributed by atoms with Crippen LogP contribution in [-0.2, 0) is 29.1 Å². The maximum absolute atomic E-state index is 14.1. The molecule has 3 aromatic rings. The molecule has 1 aliphatic rings. The number of nitrogens with one attached hydrogen (secondary N) is 1. The van der Waals surface area contributed by atoms with E-state index in [4.69, 9.17) is 28.9 Å². The van der Waals surface area contributed by atoms with Gasteiger partial charge in [-0.1, -0.05) is 30.1 Å². The van der Waals surface area contributed by atoms with E-state index in [2.05, 4.69) is 4.98 Å². The quantitative estimate of drug-likeness (QED) is 0.450.